The summed E-state index contributed by atoms with van der Waals surface area (Å²) in [5.74, 6) is -0.745. The molecule has 1 heterocycles. The lowest BCUT2D eigenvalue weighted by Gasteiger charge is -2.12. The Morgan fingerprint density at radius 1 is 0.947 bits per heavy atom. The lowest BCUT2D eigenvalue weighted by molar-refractivity contribution is -0.137. The van der Waals surface area contributed by atoms with Gasteiger partial charge in [0.2, 0.25) is 5.95 Å². The number of rotatable bonds is 5. The summed E-state index contributed by atoms with van der Waals surface area (Å²) >= 11 is 1.42. The first-order valence-corrected chi connectivity index (χ1v) is 11.0. The van der Waals surface area contributed by atoms with Gasteiger partial charge in [-0.3, -0.25) is 5.32 Å². The summed E-state index contributed by atoms with van der Waals surface area (Å²) in [5.41, 5.74) is 0.0296. The number of nitrogens with zero attached hydrogens (tertiary/aromatic N) is 1. The van der Waals surface area contributed by atoms with Crippen LogP contribution in [0.4, 0.5) is 44.5 Å². The number of ether oxygens (including phenoxy) is 1. The molecule has 3 amide bonds. The Hall–Kier alpha value is -4.01. The Morgan fingerprint density at radius 2 is 1.63 bits per heavy atom. The molecular weight excluding hydrogens is 554 g/mol. The molecule has 4 aromatic rings. The predicted molar refractivity (Wildman–Crippen MR) is 138 cm³/mol. The molecule has 0 aliphatic carbocycles. The van der Waals surface area contributed by atoms with Crippen LogP contribution < -0.4 is 16.0 Å². The molecule has 15 heteroatoms. The molecule has 0 bridgehead atoms. The van der Waals surface area contributed by atoms with Gasteiger partial charge in [-0.15, -0.1) is 12.4 Å². The van der Waals surface area contributed by atoms with Crippen LogP contribution in [0.1, 0.15) is 5.56 Å². The molecule has 3 aromatic carbocycles. The summed E-state index contributed by atoms with van der Waals surface area (Å²) in [5, 5.41) is 6.99. The van der Waals surface area contributed by atoms with E-state index in [9.17, 15) is 27.2 Å². The number of halogens is 5. The number of fused-ring (bicyclic) bond motifs is 1. The van der Waals surface area contributed by atoms with Crippen LogP contribution >= 0.6 is 24.2 Å². The van der Waals surface area contributed by atoms with Crippen LogP contribution in [0.15, 0.2) is 70.5 Å². The van der Waals surface area contributed by atoms with Gasteiger partial charge in [-0.25, -0.2) is 19.0 Å². The molecule has 4 rings (SSSR count). The molecular formula is C23H20ClF4N5O4S. The van der Waals surface area contributed by atoms with E-state index in [-0.39, 0.29) is 23.8 Å². The topological polar surface area (TPSA) is 140 Å². The van der Waals surface area contributed by atoms with Crippen LogP contribution in [0.3, 0.4) is 0 Å². The molecule has 0 atom stereocenters. The van der Waals surface area contributed by atoms with E-state index in [0.717, 1.165) is 9.79 Å². The van der Waals surface area contributed by atoms with Crippen molar-refractivity contribution in [2.24, 2.45) is 0 Å². The second kappa shape index (κ2) is 12.5. The van der Waals surface area contributed by atoms with Gasteiger partial charge >= 0.3 is 18.3 Å². The normalized spacial score (nSPS) is 10.7. The van der Waals surface area contributed by atoms with E-state index in [1.807, 2.05) is 12.1 Å². The highest BCUT2D eigenvalue weighted by Gasteiger charge is 2.31. The molecule has 0 radical (unpaired) electrons. The van der Waals surface area contributed by atoms with Crippen LogP contribution in [0, 0.1) is 5.82 Å². The Balaban J connectivity index is 0.00000253. The van der Waals surface area contributed by atoms with Crippen molar-refractivity contribution in [3.63, 3.8) is 0 Å². The maximum Gasteiger partial charge on any atom is 0.416 e. The van der Waals surface area contributed by atoms with Crippen LogP contribution in [-0.4, -0.2) is 34.7 Å². The highest BCUT2D eigenvalue weighted by molar-refractivity contribution is 7.99. The van der Waals surface area contributed by atoms with Crippen LogP contribution in [-0.2, 0) is 10.9 Å². The van der Waals surface area contributed by atoms with Crippen molar-refractivity contribution >= 4 is 64.6 Å². The fraction of sp³-hybridized carbons (Fsp3) is 0.0870. The minimum absolute atomic E-state index is 0. The molecule has 0 unspecified atom stereocenters. The smallest absolute Gasteiger partial charge is 0.416 e. The zero-order valence-corrected chi connectivity index (χ0v) is 20.9. The van der Waals surface area contributed by atoms with Crippen molar-refractivity contribution in [2.75, 3.05) is 23.1 Å². The number of aromatic nitrogens is 2. The largest absolute Gasteiger partial charge is 0.453 e. The summed E-state index contributed by atoms with van der Waals surface area (Å²) in [6.45, 7) is 0. The zero-order chi connectivity index (χ0) is 25.9. The molecule has 0 saturated heterocycles. The Kier molecular flexibility index (Phi) is 9.93. The maximum absolute atomic E-state index is 13.8. The van der Waals surface area contributed by atoms with Gasteiger partial charge in [0.25, 0.3) is 0 Å². The molecule has 38 heavy (non-hydrogen) atoms. The highest BCUT2D eigenvalue weighted by Crippen LogP contribution is 2.32. The average molecular weight is 574 g/mol. The maximum atomic E-state index is 13.8. The monoisotopic (exact) mass is 573 g/mol. The molecule has 0 spiro atoms. The van der Waals surface area contributed by atoms with E-state index in [4.69, 9.17) is 0 Å². The van der Waals surface area contributed by atoms with E-state index >= 15 is 0 Å². The number of hydrogen-bond acceptors (Lipinski definition) is 5. The number of anilines is 3. The van der Waals surface area contributed by atoms with Gasteiger partial charge in [-0.2, -0.15) is 13.2 Å². The van der Waals surface area contributed by atoms with Gasteiger partial charge in [-0.05, 0) is 60.7 Å². The van der Waals surface area contributed by atoms with Gasteiger partial charge in [0.15, 0.2) is 0 Å². The van der Waals surface area contributed by atoms with Gasteiger partial charge < -0.3 is 25.8 Å². The van der Waals surface area contributed by atoms with E-state index in [2.05, 4.69) is 30.7 Å². The number of benzene rings is 3. The molecule has 0 aliphatic rings. The number of hydrogen-bond donors (Lipinski definition) is 4. The molecule has 0 saturated carbocycles. The van der Waals surface area contributed by atoms with E-state index in [0.29, 0.717) is 34.9 Å². The summed E-state index contributed by atoms with van der Waals surface area (Å²) in [7, 11) is 1.25. The molecule has 202 valence electrons. The predicted octanol–water partition coefficient (Wildman–Crippen LogP) is 6.29. The van der Waals surface area contributed by atoms with Crippen LogP contribution in [0.25, 0.3) is 11.0 Å². The number of H-pyrrole nitrogens is 1. The van der Waals surface area contributed by atoms with Crippen molar-refractivity contribution in [2.45, 2.75) is 16.0 Å². The fourth-order valence-electron chi connectivity index (χ4n) is 3.08. The highest BCUT2D eigenvalue weighted by atomic mass is 35.5. The molecule has 9 nitrogen and oxygen atoms in total. The third kappa shape index (κ3) is 7.50. The third-order valence-electron chi connectivity index (χ3n) is 4.75. The third-order valence-corrected chi connectivity index (χ3v) is 5.75. The van der Waals surface area contributed by atoms with Crippen LogP contribution in [0.2, 0.25) is 0 Å². The van der Waals surface area contributed by atoms with Crippen molar-refractivity contribution in [1.82, 2.24) is 9.97 Å². The van der Waals surface area contributed by atoms with E-state index in [1.165, 1.54) is 18.9 Å². The number of methoxy groups -OCH3 is 1. The second-order valence-corrected chi connectivity index (χ2v) is 8.43. The second-order valence-electron chi connectivity index (χ2n) is 7.28. The Morgan fingerprint density at radius 3 is 2.29 bits per heavy atom. The van der Waals surface area contributed by atoms with E-state index < -0.39 is 35.4 Å². The molecule has 6 N–H and O–H groups in total. The van der Waals surface area contributed by atoms with Crippen molar-refractivity contribution in [3.05, 3.63) is 72.0 Å². The number of amides is 3. The Labute approximate surface area is 223 Å². The van der Waals surface area contributed by atoms with Gasteiger partial charge in [0, 0.05) is 15.5 Å². The number of nitrogens with one attached hydrogen (secondary N) is 4. The fourth-order valence-corrected chi connectivity index (χ4v) is 3.94. The van der Waals surface area contributed by atoms with Gasteiger partial charge in [-0.1, -0.05) is 11.8 Å². The van der Waals surface area contributed by atoms with Crippen molar-refractivity contribution in [3.8, 4) is 0 Å². The molecule has 0 fully saturated rings. The van der Waals surface area contributed by atoms with Gasteiger partial charge in [0.1, 0.15) is 5.82 Å². The standard InChI is InChI=1S/C23H17F4N5O3S.ClH.H2O/c1-35-22(34)32-20-29-17-9-7-15(11-19(17)30-20)36-14-5-3-13(4-6-14)28-21(33)31-18-10-12(23(25,26)27)2-8-16(18)24;;/h2-11H,1H3,(H2,28,31,33)(H2,29,30,32,34);1H;1H2. The minimum Gasteiger partial charge on any atom is -0.453 e. The van der Waals surface area contributed by atoms with Crippen molar-refractivity contribution in [1.29, 1.82) is 0 Å². The quantitative estimate of drug-likeness (QED) is 0.208. The first kappa shape index (κ1) is 30.2. The lowest BCUT2D eigenvalue weighted by Crippen LogP contribution is -2.20. The summed E-state index contributed by atoms with van der Waals surface area (Å²) < 4.78 is 56.9. The van der Waals surface area contributed by atoms with Crippen LogP contribution in [0.5, 0.6) is 0 Å². The number of aromatic amines is 1. The molecule has 1 aromatic heterocycles. The van der Waals surface area contributed by atoms with Gasteiger partial charge in [0.05, 0.1) is 29.4 Å². The minimum atomic E-state index is -4.67. The Bertz CT molecular complexity index is 1430. The average Bonchev–Trinajstić information content (AvgIpc) is 3.22. The number of carbonyl (C=O) groups excluding carboxylic acids is 2. The number of urea groups is 1. The van der Waals surface area contributed by atoms with Crippen molar-refractivity contribution < 1.29 is 37.4 Å². The summed E-state index contributed by atoms with van der Waals surface area (Å²) in [4.78, 5) is 32.4. The first-order valence-electron chi connectivity index (χ1n) is 10.2. The summed E-state index contributed by atoms with van der Waals surface area (Å²) in [6.07, 6.45) is -5.32. The summed E-state index contributed by atoms with van der Waals surface area (Å²) in [6, 6.07) is 13.0. The SMILES string of the molecule is COC(=O)Nc1nc2ccc(Sc3ccc(NC(=O)Nc4cc(C(F)(F)F)ccc4F)cc3)cc2[nH]1.Cl.O. The zero-order valence-electron chi connectivity index (χ0n) is 19.3. The molecule has 0 aliphatic heterocycles. The lowest BCUT2D eigenvalue weighted by atomic mass is 10.2. The number of alkyl halides is 3. The van der Waals surface area contributed by atoms with E-state index in [1.54, 1.807) is 30.3 Å². The number of carbonyl (C=O) groups is 2. The first-order chi connectivity index (χ1) is 17.1. The number of imidazole rings is 1.